The average molecular weight is 302 g/mol. The van der Waals surface area contributed by atoms with Crippen molar-refractivity contribution in [1.82, 2.24) is 0 Å². The summed E-state index contributed by atoms with van der Waals surface area (Å²) in [7, 11) is 3.22. The lowest BCUT2D eigenvalue weighted by Crippen LogP contribution is -1.99. The molecule has 1 aromatic carbocycles. The monoisotopic (exact) mass is 302 g/mol. The summed E-state index contributed by atoms with van der Waals surface area (Å²) >= 11 is 1.66. The van der Waals surface area contributed by atoms with Crippen LogP contribution in [-0.4, -0.2) is 20.0 Å². The van der Waals surface area contributed by atoms with E-state index in [0.717, 1.165) is 16.2 Å². The van der Waals surface area contributed by atoms with Crippen molar-refractivity contribution in [1.29, 1.82) is 0 Å². The minimum Gasteiger partial charge on any atom is -0.496 e. The van der Waals surface area contributed by atoms with Crippen molar-refractivity contribution < 1.29 is 14.3 Å². The average Bonchev–Trinajstić information content (AvgIpc) is 2.90. The Bertz CT molecular complexity index is 656. The van der Waals surface area contributed by atoms with E-state index in [9.17, 15) is 4.79 Å². The third kappa shape index (κ3) is 4.03. The molecule has 0 N–H and O–H groups in total. The second-order valence-corrected chi connectivity index (χ2v) is 5.93. The Labute approximate surface area is 128 Å². The first-order valence-electron chi connectivity index (χ1n) is 6.58. The largest absolute Gasteiger partial charge is 0.496 e. The number of methoxy groups -OCH3 is 2. The summed E-state index contributed by atoms with van der Waals surface area (Å²) in [5.41, 5.74) is 1.50. The van der Waals surface area contributed by atoms with Gasteiger partial charge in [-0.2, -0.15) is 0 Å². The summed E-state index contributed by atoms with van der Waals surface area (Å²) in [6.45, 7) is 2.46. The third-order valence-corrected chi connectivity index (χ3v) is 3.99. The number of aryl methyl sites for hydroxylation is 1. The molecule has 0 unspecified atom stereocenters. The van der Waals surface area contributed by atoms with Gasteiger partial charge in [-0.1, -0.05) is 0 Å². The number of carbonyl (C=O) groups is 1. The Kier molecular flexibility index (Phi) is 5.31. The van der Waals surface area contributed by atoms with Crippen molar-refractivity contribution in [3.05, 3.63) is 57.3 Å². The van der Waals surface area contributed by atoms with Crippen LogP contribution in [-0.2, 0) is 11.3 Å². The first-order chi connectivity index (χ1) is 10.1. The maximum atomic E-state index is 12.2. The van der Waals surface area contributed by atoms with Gasteiger partial charge in [-0.3, -0.25) is 4.79 Å². The van der Waals surface area contributed by atoms with Crippen molar-refractivity contribution in [2.45, 2.75) is 13.5 Å². The highest BCUT2D eigenvalue weighted by atomic mass is 32.1. The molecule has 0 bridgehead atoms. The van der Waals surface area contributed by atoms with Gasteiger partial charge >= 0.3 is 0 Å². The maximum Gasteiger partial charge on any atom is 0.185 e. The molecule has 1 heterocycles. The fourth-order valence-electron chi connectivity index (χ4n) is 2.00. The molecule has 0 radical (unpaired) electrons. The third-order valence-electron chi connectivity index (χ3n) is 3.02. The van der Waals surface area contributed by atoms with Crippen molar-refractivity contribution >= 4 is 23.2 Å². The van der Waals surface area contributed by atoms with Gasteiger partial charge in [0.2, 0.25) is 0 Å². The normalized spacial score (nSPS) is 11.0. The predicted octanol–water partition coefficient (Wildman–Crippen LogP) is 4.11. The second kappa shape index (κ2) is 7.20. The minimum absolute atomic E-state index is 0.0268. The molecule has 0 spiro atoms. The zero-order valence-electron chi connectivity index (χ0n) is 12.4. The summed E-state index contributed by atoms with van der Waals surface area (Å²) in [5.74, 6) is 0.701. The number of ketones is 1. The highest BCUT2D eigenvalue weighted by Crippen LogP contribution is 2.22. The van der Waals surface area contributed by atoms with E-state index in [4.69, 9.17) is 9.47 Å². The van der Waals surface area contributed by atoms with Crippen molar-refractivity contribution in [3.63, 3.8) is 0 Å². The van der Waals surface area contributed by atoms with Gasteiger partial charge in [0.1, 0.15) is 5.75 Å². The van der Waals surface area contributed by atoms with Gasteiger partial charge in [-0.25, -0.2) is 0 Å². The van der Waals surface area contributed by atoms with Crippen LogP contribution < -0.4 is 4.74 Å². The van der Waals surface area contributed by atoms with Gasteiger partial charge < -0.3 is 9.47 Å². The molecule has 0 saturated heterocycles. The van der Waals surface area contributed by atoms with Gasteiger partial charge in [0.25, 0.3) is 0 Å². The predicted molar refractivity (Wildman–Crippen MR) is 86.1 cm³/mol. The Hall–Kier alpha value is -1.91. The molecular weight excluding hydrogens is 284 g/mol. The topological polar surface area (TPSA) is 35.5 Å². The first kappa shape index (κ1) is 15.5. The number of thiophene rings is 1. The van der Waals surface area contributed by atoms with E-state index in [1.54, 1.807) is 43.8 Å². The Morgan fingerprint density at radius 2 is 2.05 bits per heavy atom. The molecule has 0 atom stereocenters. The highest BCUT2D eigenvalue weighted by molar-refractivity contribution is 7.12. The van der Waals surface area contributed by atoms with Gasteiger partial charge in [-0.15, -0.1) is 11.3 Å². The quantitative estimate of drug-likeness (QED) is 0.595. The molecule has 3 nitrogen and oxygen atoms in total. The molecule has 1 aromatic heterocycles. The molecule has 0 aliphatic carbocycles. The molecule has 4 heteroatoms. The molecular formula is C17H18O3S. The van der Waals surface area contributed by atoms with E-state index in [1.807, 2.05) is 31.2 Å². The summed E-state index contributed by atoms with van der Waals surface area (Å²) in [6.07, 6.45) is 3.45. The standard InChI is InChI=1S/C17H18O3S/c1-12-4-6-15(21-12)7-8-16(18)13-5-9-17(20-3)14(10-13)11-19-2/h4-10H,11H2,1-3H3/b8-7+. The lowest BCUT2D eigenvalue weighted by Gasteiger charge is -2.08. The molecule has 2 aromatic rings. The number of hydrogen-bond donors (Lipinski definition) is 0. The Balaban J connectivity index is 2.18. The number of benzene rings is 1. The van der Waals surface area contributed by atoms with E-state index >= 15 is 0 Å². The van der Waals surface area contributed by atoms with Gasteiger partial charge in [0.15, 0.2) is 5.78 Å². The molecule has 0 aliphatic heterocycles. The van der Waals surface area contributed by atoms with E-state index < -0.39 is 0 Å². The Morgan fingerprint density at radius 1 is 1.24 bits per heavy atom. The lowest BCUT2D eigenvalue weighted by atomic mass is 10.1. The molecule has 0 amide bonds. The number of hydrogen-bond acceptors (Lipinski definition) is 4. The van der Waals surface area contributed by atoms with E-state index in [-0.39, 0.29) is 5.78 Å². The SMILES string of the molecule is COCc1cc(C(=O)/C=C/c2ccc(C)s2)ccc1OC. The molecule has 0 saturated carbocycles. The number of ether oxygens (including phenoxy) is 2. The summed E-state index contributed by atoms with van der Waals surface area (Å²) in [5, 5.41) is 0. The van der Waals surface area contributed by atoms with Crippen LogP contribution in [0.15, 0.2) is 36.4 Å². The van der Waals surface area contributed by atoms with Crippen LogP contribution in [0, 0.1) is 6.92 Å². The molecule has 110 valence electrons. The Morgan fingerprint density at radius 3 is 2.67 bits per heavy atom. The zero-order valence-corrected chi connectivity index (χ0v) is 13.2. The molecule has 0 fully saturated rings. The fourth-order valence-corrected chi connectivity index (χ4v) is 2.78. The summed E-state index contributed by atoms with van der Waals surface area (Å²) < 4.78 is 10.4. The molecule has 21 heavy (non-hydrogen) atoms. The van der Waals surface area contributed by atoms with E-state index in [0.29, 0.717) is 12.2 Å². The molecule has 2 rings (SSSR count). The highest BCUT2D eigenvalue weighted by Gasteiger charge is 2.08. The van der Waals surface area contributed by atoms with Crippen LogP contribution in [0.1, 0.15) is 25.7 Å². The van der Waals surface area contributed by atoms with E-state index in [2.05, 4.69) is 0 Å². The van der Waals surface area contributed by atoms with Crippen LogP contribution in [0.25, 0.3) is 6.08 Å². The zero-order chi connectivity index (χ0) is 15.2. The molecule has 0 aliphatic rings. The smallest absolute Gasteiger partial charge is 0.185 e. The number of allylic oxidation sites excluding steroid dienone is 1. The van der Waals surface area contributed by atoms with Crippen LogP contribution in [0.4, 0.5) is 0 Å². The number of rotatable bonds is 6. The van der Waals surface area contributed by atoms with Gasteiger partial charge in [0, 0.05) is 28.0 Å². The van der Waals surface area contributed by atoms with Crippen LogP contribution >= 0.6 is 11.3 Å². The van der Waals surface area contributed by atoms with Crippen LogP contribution in [0.3, 0.4) is 0 Å². The first-order valence-corrected chi connectivity index (χ1v) is 7.40. The fraction of sp³-hybridized carbons (Fsp3) is 0.235. The minimum atomic E-state index is -0.0268. The summed E-state index contributed by atoms with van der Waals surface area (Å²) in [4.78, 5) is 14.5. The maximum absolute atomic E-state index is 12.2. The van der Waals surface area contributed by atoms with Gasteiger partial charge in [-0.05, 0) is 49.4 Å². The van der Waals surface area contributed by atoms with Crippen LogP contribution in [0.5, 0.6) is 5.75 Å². The van der Waals surface area contributed by atoms with Crippen molar-refractivity contribution in [2.75, 3.05) is 14.2 Å². The van der Waals surface area contributed by atoms with E-state index in [1.165, 1.54) is 4.88 Å². The summed E-state index contributed by atoms with van der Waals surface area (Å²) in [6, 6.07) is 9.43. The number of carbonyl (C=O) groups excluding carboxylic acids is 1. The van der Waals surface area contributed by atoms with Crippen molar-refractivity contribution in [3.8, 4) is 5.75 Å². The van der Waals surface area contributed by atoms with Gasteiger partial charge in [0.05, 0.1) is 13.7 Å². The lowest BCUT2D eigenvalue weighted by molar-refractivity contribution is 0.104. The van der Waals surface area contributed by atoms with Crippen LogP contribution in [0.2, 0.25) is 0 Å². The second-order valence-electron chi connectivity index (χ2n) is 4.61. The van der Waals surface area contributed by atoms with Crippen molar-refractivity contribution in [2.24, 2.45) is 0 Å².